The van der Waals surface area contributed by atoms with Crippen molar-refractivity contribution >= 4 is 5.78 Å². The minimum absolute atomic E-state index is 0.0737. The number of aromatic hydroxyl groups is 2. The highest BCUT2D eigenvalue weighted by Crippen LogP contribution is 2.28. The minimum atomic E-state index is -0.225. The Labute approximate surface area is 99.0 Å². The first-order valence-corrected chi connectivity index (χ1v) is 5.26. The number of phenols is 2. The zero-order valence-electron chi connectivity index (χ0n) is 9.13. The molecule has 0 saturated heterocycles. The quantitative estimate of drug-likeness (QED) is 0.627. The molecule has 0 aromatic heterocycles. The molecular weight excluding hydrogens is 216 g/mol. The van der Waals surface area contributed by atoms with E-state index >= 15 is 0 Å². The van der Waals surface area contributed by atoms with Crippen molar-refractivity contribution < 1.29 is 15.0 Å². The molecule has 0 saturated carbocycles. The molecule has 0 aliphatic carbocycles. The molecule has 0 spiro atoms. The number of ketones is 1. The van der Waals surface area contributed by atoms with Gasteiger partial charge in [-0.05, 0) is 6.07 Å². The lowest BCUT2D eigenvalue weighted by Crippen LogP contribution is -2.03. The van der Waals surface area contributed by atoms with E-state index in [4.69, 9.17) is 0 Å². The summed E-state index contributed by atoms with van der Waals surface area (Å²) in [6.45, 7) is 0. The van der Waals surface area contributed by atoms with Crippen molar-refractivity contribution in [3.63, 3.8) is 0 Å². The average Bonchev–Trinajstić information content (AvgIpc) is 2.36. The van der Waals surface area contributed by atoms with Crippen molar-refractivity contribution in [2.24, 2.45) is 0 Å². The molecule has 2 aromatic rings. The molecule has 0 aliphatic rings. The summed E-state index contributed by atoms with van der Waals surface area (Å²) in [5.74, 6) is -0.522. The minimum Gasteiger partial charge on any atom is -0.504 e. The van der Waals surface area contributed by atoms with Crippen LogP contribution in [0.25, 0.3) is 0 Å². The van der Waals surface area contributed by atoms with Gasteiger partial charge in [0.1, 0.15) is 0 Å². The molecule has 0 radical (unpaired) electrons. The Bertz CT molecular complexity index is 532. The summed E-state index contributed by atoms with van der Waals surface area (Å²) < 4.78 is 0. The number of hydrogen-bond acceptors (Lipinski definition) is 3. The normalized spacial score (nSPS) is 10.1. The fourth-order valence-electron chi connectivity index (χ4n) is 1.62. The fraction of sp³-hybridized carbons (Fsp3) is 0.0714. The van der Waals surface area contributed by atoms with Crippen LogP contribution in [-0.4, -0.2) is 16.0 Å². The van der Waals surface area contributed by atoms with E-state index in [9.17, 15) is 15.0 Å². The summed E-state index contributed by atoms with van der Waals surface area (Å²) in [5.41, 5.74) is 1.02. The summed E-state index contributed by atoms with van der Waals surface area (Å²) in [6, 6.07) is 13.5. The van der Waals surface area contributed by atoms with E-state index in [-0.39, 0.29) is 23.7 Å². The molecule has 2 aromatic carbocycles. The first kappa shape index (κ1) is 11.2. The van der Waals surface area contributed by atoms with Crippen LogP contribution in [0.5, 0.6) is 11.5 Å². The van der Waals surface area contributed by atoms with Crippen LogP contribution in [0.2, 0.25) is 0 Å². The largest absolute Gasteiger partial charge is 0.504 e. The third-order valence-electron chi connectivity index (χ3n) is 2.55. The molecule has 0 heterocycles. The van der Waals surface area contributed by atoms with Crippen molar-refractivity contribution in [1.29, 1.82) is 0 Å². The van der Waals surface area contributed by atoms with E-state index in [1.165, 1.54) is 6.07 Å². The zero-order chi connectivity index (χ0) is 12.3. The number of para-hydroxylation sites is 1. The predicted molar refractivity (Wildman–Crippen MR) is 64.2 cm³/mol. The van der Waals surface area contributed by atoms with Gasteiger partial charge >= 0.3 is 0 Å². The third kappa shape index (κ3) is 2.45. The van der Waals surface area contributed by atoms with Gasteiger partial charge in [-0.2, -0.15) is 0 Å². The van der Waals surface area contributed by atoms with Gasteiger partial charge in [0.2, 0.25) is 0 Å². The van der Waals surface area contributed by atoms with E-state index in [1.54, 1.807) is 36.4 Å². The molecule has 86 valence electrons. The maximum absolute atomic E-state index is 11.9. The topological polar surface area (TPSA) is 57.5 Å². The zero-order valence-corrected chi connectivity index (χ0v) is 9.13. The Balaban J connectivity index is 2.22. The van der Waals surface area contributed by atoms with Crippen LogP contribution in [0.4, 0.5) is 0 Å². The third-order valence-corrected chi connectivity index (χ3v) is 2.55. The lowest BCUT2D eigenvalue weighted by atomic mass is 10.0. The van der Waals surface area contributed by atoms with Crippen molar-refractivity contribution in [1.82, 2.24) is 0 Å². The number of carbonyl (C=O) groups excluding carboxylic acids is 1. The van der Waals surface area contributed by atoms with Gasteiger partial charge in [-0.15, -0.1) is 0 Å². The summed E-state index contributed by atoms with van der Waals surface area (Å²) in [6.07, 6.45) is 0.0737. The van der Waals surface area contributed by atoms with Crippen molar-refractivity contribution in [3.8, 4) is 11.5 Å². The van der Waals surface area contributed by atoms with Gasteiger partial charge in [-0.3, -0.25) is 4.79 Å². The standard InChI is InChI=1S/C14H12O3/c15-12-8-4-7-11(14(12)17)9-13(16)10-5-2-1-3-6-10/h1-8,15,17H,9H2. The number of Topliss-reactive ketones (excluding diaryl/α,β-unsaturated/α-hetero) is 1. The fourth-order valence-corrected chi connectivity index (χ4v) is 1.62. The molecule has 2 rings (SSSR count). The predicted octanol–water partition coefficient (Wildman–Crippen LogP) is 2.52. The van der Waals surface area contributed by atoms with Crippen molar-refractivity contribution in [2.45, 2.75) is 6.42 Å². The SMILES string of the molecule is O=C(Cc1cccc(O)c1O)c1ccccc1. The Kier molecular flexibility index (Phi) is 3.10. The number of rotatable bonds is 3. The van der Waals surface area contributed by atoms with E-state index in [2.05, 4.69) is 0 Å². The van der Waals surface area contributed by atoms with Crippen LogP contribution in [-0.2, 0) is 6.42 Å². The van der Waals surface area contributed by atoms with Gasteiger partial charge in [0, 0.05) is 17.5 Å². The van der Waals surface area contributed by atoms with Crippen LogP contribution in [0.1, 0.15) is 15.9 Å². The molecule has 0 amide bonds. The van der Waals surface area contributed by atoms with Crippen LogP contribution in [0.15, 0.2) is 48.5 Å². The summed E-state index contributed by atoms with van der Waals surface area (Å²) in [7, 11) is 0. The summed E-state index contributed by atoms with van der Waals surface area (Å²) in [5, 5.41) is 18.9. The number of hydrogen-bond donors (Lipinski definition) is 2. The van der Waals surface area contributed by atoms with E-state index in [1.807, 2.05) is 6.07 Å². The highest BCUT2D eigenvalue weighted by molar-refractivity contribution is 5.97. The van der Waals surface area contributed by atoms with E-state index < -0.39 is 0 Å². The average molecular weight is 228 g/mol. The second-order valence-corrected chi connectivity index (χ2v) is 3.75. The lowest BCUT2D eigenvalue weighted by molar-refractivity contribution is 0.0992. The smallest absolute Gasteiger partial charge is 0.167 e. The van der Waals surface area contributed by atoms with Crippen molar-refractivity contribution in [2.75, 3.05) is 0 Å². The Hall–Kier alpha value is -2.29. The second kappa shape index (κ2) is 4.70. The molecule has 0 fully saturated rings. The number of phenolic OH excluding ortho intramolecular Hbond substituents is 2. The summed E-state index contributed by atoms with van der Waals surface area (Å²) >= 11 is 0. The van der Waals surface area contributed by atoms with Gasteiger partial charge in [0.25, 0.3) is 0 Å². The first-order valence-electron chi connectivity index (χ1n) is 5.26. The van der Waals surface area contributed by atoms with E-state index in [0.29, 0.717) is 11.1 Å². The first-order chi connectivity index (χ1) is 8.18. The molecule has 0 aliphatic heterocycles. The molecule has 0 unspecified atom stereocenters. The van der Waals surface area contributed by atoms with Crippen LogP contribution < -0.4 is 0 Å². The number of carbonyl (C=O) groups is 1. The van der Waals surface area contributed by atoms with E-state index in [0.717, 1.165) is 0 Å². The van der Waals surface area contributed by atoms with Gasteiger partial charge in [-0.25, -0.2) is 0 Å². The Morgan fingerprint density at radius 3 is 2.35 bits per heavy atom. The molecular formula is C14H12O3. The van der Waals surface area contributed by atoms with Crippen LogP contribution in [0, 0.1) is 0 Å². The van der Waals surface area contributed by atoms with Gasteiger partial charge < -0.3 is 10.2 Å². The van der Waals surface area contributed by atoms with Crippen LogP contribution in [0.3, 0.4) is 0 Å². The van der Waals surface area contributed by atoms with Crippen LogP contribution >= 0.6 is 0 Å². The van der Waals surface area contributed by atoms with Gasteiger partial charge in [-0.1, -0.05) is 42.5 Å². The molecule has 3 heteroatoms. The Morgan fingerprint density at radius 1 is 0.941 bits per heavy atom. The number of benzene rings is 2. The summed E-state index contributed by atoms with van der Waals surface area (Å²) in [4.78, 5) is 11.9. The Morgan fingerprint density at radius 2 is 1.65 bits per heavy atom. The van der Waals surface area contributed by atoms with Gasteiger partial charge in [0.15, 0.2) is 17.3 Å². The lowest BCUT2D eigenvalue weighted by Gasteiger charge is -2.05. The molecule has 3 nitrogen and oxygen atoms in total. The maximum Gasteiger partial charge on any atom is 0.167 e. The van der Waals surface area contributed by atoms with Gasteiger partial charge in [0.05, 0.1) is 0 Å². The molecule has 0 atom stereocenters. The molecule has 2 N–H and O–H groups in total. The monoisotopic (exact) mass is 228 g/mol. The molecule has 0 bridgehead atoms. The molecule has 17 heavy (non-hydrogen) atoms. The maximum atomic E-state index is 11.9. The highest BCUT2D eigenvalue weighted by Gasteiger charge is 2.11. The highest BCUT2D eigenvalue weighted by atomic mass is 16.3. The second-order valence-electron chi connectivity index (χ2n) is 3.75. The van der Waals surface area contributed by atoms with Crippen molar-refractivity contribution in [3.05, 3.63) is 59.7 Å².